The number of benzene rings is 1. The van der Waals surface area contributed by atoms with E-state index in [1.807, 2.05) is 0 Å². The lowest BCUT2D eigenvalue weighted by molar-refractivity contribution is 0.0531. The summed E-state index contributed by atoms with van der Waals surface area (Å²) in [5.74, 6) is 0.719. The Bertz CT molecular complexity index is 445. The Labute approximate surface area is 112 Å². The normalized spacial score (nSPS) is 15.1. The van der Waals surface area contributed by atoms with Gasteiger partial charge in [0, 0.05) is 30.9 Å². The number of nitrogen functional groups attached to an aromatic ring is 1. The van der Waals surface area contributed by atoms with E-state index >= 15 is 0 Å². The Morgan fingerprint density at radius 2 is 2.21 bits per heavy atom. The van der Waals surface area contributed by atoms with Crippen molar-refractivity contribution in [3.63, 3.8) is 0 Å². The zero-order chi connectivity index (χ0) is 13.7. The number of morpholine rings is 1. The van der Waals surface area contributed by atoms with Gasteiger partial charge in [-0.15, -0.1) is 0 Å². The number of hydrogen-bond acceptors (Lipinski definition) is 4. The molecular weight excluding hydrogens is 246 g/mol. The number of hydrogen-bond donors (Lipinski definition) is 2. The average molecular weight is 265 g/mol. The van der Waals surface area contributed by atoms with Crippen molar-refractivity contribution in [3.05, 3.63) is 23.8 Å². The molecule has 1 fully saturated rings. The third-order valence-corrected chi connectivity index (χ3v) is 3.03. The molecule has 1 heterocycles. The van der Waals surface area contributed by atoms with Crippen LogP contribution in [0.1, 0.15) is 5.56 Å². The number of ether oxygens (including phenoxy) is 2. The highest BCUT2D eigenvalue weighted by Crippen LogP contribution is 2.20. The maximum atomic E-state index is 11.9. The molecule has 1 aliphatic rings. The van der Waals surface area contributed by atoms with Crippen molar-refractivity contribution in [2.45, 2.75) is 6.54 Å². The van der Waals surface area contributed by atoms with Gasteiger partial charge in [-0.05, 0) is 18.2 Å². The van der Waals surface area contributed by atoms with E-state index in [2.05, 4.69) is 5.32 Å². The SMILES string of the molecule is COc1ccc(N)cc1CNC(=O)N1CCOCC1. The number of methoxy groups -OCH3 is 1. The predicted molar refractivity (Wildman–Crippen MR) is 72.0 cm³/mol. The molecule has 2 rings (SSSR count). The molecule has 6 nitrogen and oxygen atoms in total. The van der Waals surface area contributed by atoms with Crippen LogP contribution in [0.3, 0.4) is 0 Å². The first-order chi connectivity index (χ1) is 9.20. The molecule has 6 heteroatoms. The Hall–Kier alpha value is -1.95. The lowest BCUT2D eigenvalue weighted by Crippen LogP contribution is -2.45. The van der Waals surface area contributed by atoms with E-state index in [1.165, 1.54) is 0 Å². The highest BCUT2D eigenvalue weighted by molar-refractivity contribution is 5.74. The van der Waals surface area contributed by atoms with E-state index in [4.69, 9.17) is 15.2 Å². The summed E-state index contributed by atoms with van der Waals surface area (Å²) in [6.07, 6.45) is 0. The van der Waals surface area contributed by atoms with Crippen molar-refractivity contribution >= 4 is 11.7 Å². The summed E-state index contributed by atoms with van der Waals surface area (Å²) in [4.78, 5) is 13.7. The molecule has 0 unspecified atom stereocenters. The van der Waals surface area contributed by atoms with Gasteiger partial charge >= 0.3 is 6.03 Å². The van der Waals surface area contributed by atoms with E-state index in [-0.39, 0.29) is 6.03 Å². The molecule has 0 spiro atoms. The van der Waals surface area contributed by atoms with E-state index in [0.717, 1.165) is 11.3 Å². The number of urea groups is 1. The third-order valence-electron chi connectivity index (χ3n) is 3.03. The summed E-state index contributed by atoms with van der Waals surface area (Å²) >= 11 is 0. The fraction of sp³-hybridized carbons (Fsp3) is 0.462. The Morgan fingerprint density at radius 1 is 1.47 bits per heavy atom. The third kappa shape index (κ3) is 3.51. The Morgan fingerprint density at radius 3 is 2.89 bits per heavy atom. The van der Waals surface area contributed by atoms with Gasteiger partial charge in [-0.25, -0.2) is 4.79 Å². The topological polar surface area (TPSA) is 76.8 Å². The number of amides is 2. The van der Waals surface area contributed by atoms with Crippen LogP contribution in [-0.4, -0.2) is 44.3 Å². The van der Waals surface area contributed by atoms with Gasteiger partial charge in [0.05, 0.1) is 20.3 Å². The molecule has 0 aromatic heterocycles. The summed E-state index contributed by atoms with van der Waals surface area (Å²) in [6.45, 7) is 2.83. The average Bonchev–Trinajstić information content (AvgIpc) is 2.46. The molecule has 0 saturated carbocycles. The van der Waals surface area contributed by atoms with Gasteiger partial charge in [-0.1, -0.05) is 0 Å². The van der Waals surface area contributed by atoms with Crippen LogP contribution >= 0.6 is 0 Å². The van der Waals surface area contributed by atoms with E-state index in [1.54, 1.807) is 30.2 Å². The van der Waals surface area contributed by atoms with Crippen LogP contribution in [0.15, 0.2) is 18.2 Å². The first-order valence-corrected chi connectivity index (χ1v) is 6.23. The first-order valence-electron chi connectivity index (χ1n) is 6.23. The number of rotatable bonds is 3. The standard InChI is InChI=1S/C13H19N3O3/c1-18-12-3-2-11(14)8-10(12)9-15-13(17)16-4-6-19-7-5-16/h2-3,8H,4-7,9,14H2,1H3,(H,15,17). The minimum absolute atomic E-state index is 0.0900. The van der Waals surface area contributed by atoms with Gasteiger partial charge < -0.3 is 25.4 Å². The van der Waals surface area contributed by atoms with E-state index in [0.29, 0.717) is 38.5 Å². The number of nitrogens with one attached hydrogen (secondary N) is 1. The van der Waals surface area contributed by atoms with Crippen LogP contribution in [0, 0.1) is 0 Å². The second-order valence-corrected chi connectivity index (χ2v) is 4.33. The van der Waals surface area contributed by atoms with Gasteiger partial charge in [0.15, 0.2) is 0 Å². The molecule has 0 radical (unpaired) electrons. The molecule has 3 N–H and O–H groups in total. The number of carbonyl (C=O) groups is 1. The highest BCUT2D eigenvalue weighted by Gasteiger charge is 2.16. The van der Waals surface area contributed by atoms with Crippen molar-refractivity contribution in [1.29, 1.82) is 0 Å². The van der Waals surface area contributed by atoms with Gasteiger partial charge in [0.25, 0.3) is 0 Å². The number of anilines is 1. The van der Waals surface area contributed by atoms with Crippen LogP contribution in [-0.2, 0) is 11.3 Å². The van der Waals surface area contributed by atoms with Crippen molar-refractivity contribution in [3.8, 4) is 5.75 Å². The second-order valence-electron chi connectivity index (χ2n) is 4.33. The molecule has 0 aliphatic carbocycles. The summed E-state index contributed by atoms with van der Waals surface area (Å²) in [6, 6.07) is 5.28. The zero-order valence-electron chi connectivity index (χ0n) is 11.0. The minimum atomic E-state index is -0.0900. The van der Waals surface area contributed by atoms with Crippen LogP contribution < -0.4 is 15.8 Å². The van der Waals surface area contributed by atoms with Gasteiger partial charge in [-0.2, -0.15) is 0 Å². The zero-order valence-corrected chi connectivity index (χ0v) is 11.0. The Balaban J connectivity index is 1.94. The van der Waals surface area contributed by atoms with Gasteiger partial charge in [-0.3, -0.25) is 0 Å². The van der Waals surface area contributed by atoms with Crippen molar-refractivity contribution < 1.29 is 14.3 Å². The first kappa shape index (κ1) is 13.5. The maximum Gasteiger partial charge on any atom is 0.317 e. The predicted octanol–water partition coefficient (Wildman–Crippen LogP) is 0.819. The van der Waals surface area contributed by atoms with Gasteiger partial charge in [0.2, 0.25) is 0 Å². The molecule has 104 valence electrons. The van der Waals surface area contributed by atoms with E-state index in [9.17, 15) is 4.79 Å². The maximum absolute atomic E-state index is 11.9. The molecule has 1 aliphatic heterocycles. The van der Waals surface area contributed by atoms with Crippen molar-refractivity contribution in [1.82, 2.24) is 10.2 Å². The number of nitrogens with zero attached hydrogens (tertiary/aromatic N) is 1. The fourth-order valence-corrected chi connectivity index (χ4v) is 1.99. The summed E-state index contributed by atoms with van der Waals surface area (Å²) < 4.78 is 10.4. The van der Waals surface area contributed by atoms with Crippen LogP contribution in [0.5, 0.6) is 5.75 Å². The quantitative estimate of drug-likeness (QED) is 0.793. The second kappa shape index (κ2) is 6.29. The summed E-state index contributed by atoms with van der Waals surface area (Å²) in [5.41, 5.74) is 7.25. The molecular formula is C13H19N3O3. The lowest BCUT2D eigenvalue weighted by Gasteiger charge is -2.27. The molecule has 0 atom stereocenters. The molecule has 1 saturated heterocycles. The summed E-state index contributed by atoms with van der Waals surface area (Å²) in [5, 5.41) is 2.87. The fourth-order valence-electron chi connectivity index (χ4n) is 1.99. The van der Waals surface area contributed by atoms with Crippen LogP contribution in [0.4, 0.5) is 10.5 Å². The minimum Gasteiger partial charge on any atom is -0.496 e. The van der Waals surface area contributed by atoms with Crippen molar-refractivity contribution in [2.24, 2.45) is 0 Å². The molecule has 19 heavy (non-hydrogen) atoms. The summed E-state index contributed by atoms with van der Waals surface area (Å²) in [7, 11) is 1.60. The number of carbonyl (C=O) groups excluding carboxylic acids is 1. The molecule has 1 aromatic carbocycles. The van der Waals surface area contributed by atoms with Crippen LogP contribution in [0.2, 0.25) is 0 Å². The highest BCUT2D eigenvalue weighted by atomic mass is 16.5. The van der Waals surface area contributed by atoms with Gasteiger partial charge in [0.1, 0.15) is 5.75 Å². The largest absolute Gasteiger partial charge is 0.496 e. The van der Waals surface area contributed by atoms with Crippen molar-refractivity contribution in [2.75, 3.05) is 39.1 Å². The Kier molecular flexibility index (Phi) is 4.46. The van der Waals surface area contributed by atoms with E-state index < -0.39 is 0 Å². The monoisotopic (exact) mass is 265 g/mol. The number of nitrogens with two attached hydrogens (primary N) is 1. The molecule has 0 bridgehead atoms. The van der Waals surface area contributed by atoms with Crippen LogP contribution in [0.25, 0.3) is 0 Å². The smallest absolute Gasteiger partial charge is 0.317 e. The molecule has 2 amide bonds. The molecule has 1 aromatic rings. The lowest BCUT2D eigenvalue weighted by atomic mass is 10.2.